The van der Waals surface area contributed by atoms with E-state index < -0.39 is 41.4 Å². The monoisotopic (exact) mass is 548 g/mol. The Balaban J connectivity index is 0.00000380. The lowest BCUT2D eigenvalue weighted by molar-refractivity contribution is -0.148. The van der Waals surface area contributed by atoms with Crippen LogP contribution in [-0.4, -0.2) is 40.1 Å². The van der Waals surface area contributed by atoms with Crippen molar-refractivity contribution >= 4 is 18.3 Å². The van der Waals surface area contributed by atoms with Crippen LogP contribution >= 0.6 is 12.4 Å². The maximum atomic E-state index is 13.9. The van der Waals surface area contributed by atoms with Crippen molar-refractivity contribution in [3.8, 4) is 17.0 Å². The molecule has 0 radical (unpaired) electrons. The van der Waals surface area contributed by atoms with Crippen molar-refractivity contribution in [2.75, 3.05) is 13.7 Å². The molecule has 2 aromatic carbocycles. The molecule has 1 atom stereocenters. The molecule has 6 nitrogen and oxygen atoms in total. The molecule has 37 heavy (non-hydrogen) atoms. The van der Waals surface area contributed by atoms with Crippen LogP contribution in [0.25, 0.3) is 11.3 Å². The molecule has 2 heterocycles. The van der Waals surface area contributed by atoms with Gasteiger partial charge in [0.05, 0.1) is 25.0 Å². The lowest BCUT2D eigenvalue weighted by atomic mass is 10.0. The molecule has 13 heteroatoms. The Kier molecular flexibility index (Phi) is 8.43. The first kappa shape index (κ1) is 28.3. The summed E-state index contributed by atoms with van der Waals surface area (Å²) in [5.41, 5.74) is 6.37. The van der Waals surface area contributed by atoms with Gasteiger partial charge in [-0.05, 0) is 30.2 Å². The van der Waals surface area contributed by atoms with E-state index in [4.69, 9.17) is 10.5 Å². The van der Waals surface area contributed by atoms with Crippen LogP contribution in [0.15, 0.2) is 36.4 Å². The van der Waals surface area contributed by atoms with Gasteiger partial charge in [-0.2, -0.15) is 13.2 Å². The fraction of sp³-hybridized carbons (Fsp3) is 0.333. The van der Waals surface area contributed by atoms with E-state index in [1.807, 2.05) is 0 Å². The Bertz CT molecular complexity index is 1300. The Morgan fingerprint density at radius 3 is 2.46 bits per heavy atom. The van der Waals surface area contributed by atoms with Crippen LogP contribution < -0.4 is 10.5 Å². The number of nitrogens with two attached hydrogens (primary N) is 1. The van der Waals surface area contributed by atoms with Crippen molar-refractivity contribution in [2.24, 2.45) is 5.73 Å². The quantitative estimate of drug-likeness (QED) is 0.357. The van der Waals surface area contributed by atoms with E-state index in [0.29, 0.717) is 23.4 Å². The summed E-state index contributed by atoms with van der Waals surface area (Å²) in [6.07, 6.45) is -5.22. The Labute approximate surface area is 214 Å². The third kappa shape index (κ3) is 5.85. The van der Waals surface area contributed by atoms with Gasteiger partial charge < -0.3 is 19.9 Å². The lowest BCUT2D eigenvalue weighted by Gasteiger charge is -2.30. The van der Waals surface area contributed by atoms with Crippen LogP contribution in [0.4, 0.5) is 26.3 Å². The number of carbonyl (C=O) groups is 1. The molecule has 4 rings (SSSR count). The zero-order valence-corrected chi connectivity index (χ0v) is 20.3. The maximum absolute atomic E-state index is 13.9. The third-order valence-corrected chi connectivity index (χ3v) is 5.98. The molecule has 1 aliphatic rings. The Morgan fingerprint density at radius 2 is 1.78 bits per heavy atom. The number of fused-ring (bicyclic) bond motifs is 1. The smallest absolute Gasteiger partial charge is 0.449 e. The highest BCUT2D eigenvalue weighted by Gasteiger charge is 2.41. The van der Waals surface area contributed by atoms with Gasteiger partial charge in [0.25, 0.3) is 0 Å². The van der Waals surface area contributed by atoms with Crippen LogP contribution in [0.3, 0.4) is 0 Å². The minimum absolute atomic E-state index is 0. The summed E-state index contributed by atoms with van der Waals surface area (Å²) in [5.74, 6) is -4.78. The van der Waals surface area contributed by atoms with Gasteiger partial charge in [-0.1, -0.05) is 12.1 Å². The average Bonchev–Trinajstić information content (AvgIpc) is 3.21. The number of hydrogen-bond donors (Lipinski definition) is 1. The normalized spacial score (nSPS) is 14.1. The van der Waals surface area contributed by atoms with Gasteiger partial charge >= 0.3 is 6.18 Å². The van der Waals surface area contributed by atoms with Crippen LogP contribution in [0, 0.1) is 17.5 Å². The molecule has 200 valence electrons. The van der Waals surface area contributed by atoms with Crippen molar-refractivity contribution in [3.05, 3.63) is 70.9 Å². The van der Waals surface area contributed by atoms with Crippen molar-refractivity contribution in [1.29, 1.82) is 0 Å². The SMILES string of the molecule is COc1ccccc1-c1nc(C(F)(F)F)n2c1CN(C(=O)C[C@H](N)Cc1cc(F)c(F)cc1F)CC2.Cl. The van der Waals surface area contributed by atoms with E-state index in [1.165, 1.54) is 12.0 Å². The first-order valence-corrected chi connectivity index (χ1v) is 11.0. The summed E-state index contributed by atoms with van der Waals surface area (Å²) < 4.78 is 88.0. The Morgan fingerprint density at radius 1 is 1.11 bits per heavy atom. The number of ether oxygens (including phenoxy) is 1. The number of hydrogen-bond acceptors (Lipinski definition) is 4. The fourth-order valence-electron chi connectivity index (χ4n) is 4.28. The number of carbonyl (C=O) groups excluding carboxylic acids is 1. The van der Waals surface area contributed by atoms with Crippen LogP contribution in [0.5, 0.6) is 5.75 Å². The summed E-state index contributed by atoms with van der Waals surface area (Å²) in [6, 6.07) is 6.64. The second kappa shape index (κ2) is 11.0. The molecular formula is C24H23ClF6N4O2. The summed E-state index contributed by atoms with van der Waals surface area (Å²) in [6.45, 7) is -0.338. The average molecular weight is 549 g/mol. The second-order valence-electron chi connectivity index (χ2n) is 8.42. The topological polar surface area (TPSA) is 73.4 Å². The predicted molar refractivity (Wildman–Crippen MR) is 124 cm³/mol. The van der Waals surface area contributed by atoms with Crippen LogP contribution in [0.2, 0.25) is 0 Å². The number of halogens is 7. The van der Waals surface area contributed by atoms with Crippen molar-refractivity contribution in [1.82, 2.24) is 14.5 Å². The van der Waals surface area contributed by atoms with Gasteiger partial charge in [0.15, 0.2) is 11.6 Å². The molecule has 0 bridgehead atoms. The molecule has 2 N–H and O–H groups in total. The Hall–Kier alpha value is -3.25. The van der Waals surface area contributed by atoms with Gasteiger partial charge in [0.2, 0.25) is 11.7 Å². The number of alkyl halides is 3. The highest BCUT2D eigenvalue weighted by Crippen LogP contribution is 2.38. The highest BCUT2D eigenvalue weighted by molar-refractivity contribution is 5.85. The molecule has 0 spiro atoms. The molecule has 1 amide bonds. The number of amides is 1. The molecule has 0 saturated carbocycles. The molecular weight excluding hydrogens is 526 g/mol. The largest absolute Gasteiger partial charge is 0.496 e. The van der Waals surface area contributed by atoms with E-state index in [9.17, 15) is 31.1 Å². The van der Waals surface area contributed by atoms with Gasteiger partial charge in [0, 0.05) is 37.2 Å². The molecule has 0 fully saturated rings. The first-order chi connectivity index (χ1) is 17.0. The minimum atomic E-state index is -4.71. The number of imidazole rings is 1. The minimum Gasteiger partial charge on any atom is -0.496 e. The zero-order valence-electron chi connectivity index (χ0n) is 19.5. The lowest BCUT2D eigenvalue weighted by Crippen LogP contribution is -2.42. The maximum Gasteiger partial charge on any atom is 0.449 e. The van der Waals surface area contributed by atoms with Crippen molar-refractivity contribution < 1.29 is 35.9 Å². The summed E-state index contributed by atoms with van der Waals surface area (Å²) in [4.78, 5) is 18.1. The number of benzene rings is 2. The predicted octanol–water partition coefficient (Wildman–Crippen LogP) is 4.72. The standard InChI is InChI=1S/C24H22F6N4O2.ClH/c1-36-20-5-3-2-4-15(20)22-19-12-33(6-7-34(19)23(32-22)24(28,29)30)21(35)10-14(31)8-13-9-17(26)18(27)11-16(13)25;/h2-5,9,11,14H,6-8,10,12,31H2,1H3;1H/t14-;/m1./s1. The number of para-hydroxylation sites is 1. The number of methoxy groups -OCH3 is 1. The van der Waals surface area contributed by atoms with Crippen LogP contribution in [-0.2, 0) is 30.5 Å². The third-order valence-electron chi connectivity index (χ3n) is 5.98. The van der Waals surface area contributed by atoms with E-state index in [-0.39, 0.29) is 61.8 Å². The van der Waals surface area contributed by atoms with Gasteiger partial charge in [0.1, 0.15) is 11.6 Å². The van der Waals surface area contributed by atoms with Gasteiger partial charge in [-0.15, -0.1) is 12.4 Å². The summed E-state index contributed by atoms with van der Waals surface area (Å²) in [7, 11) is 1.39. The zero-order chi connectivity index (χ0) is 26.2. The number of rotatable bonds is 6. The van der Waals surface area contributed by atoms with Gasteiger partial charge in [-0.3, -0.25) is 4.79 Å². The molecule has 1 aromatic heterocycles. The van der Waals surface area contributed by atoms with E-state index >= 15 is 0 Å². The number of aromatic nitrogens is 2. The van der Waals surface area contributed by atoms with E-state index in [0.717, 1.165) is 4.57 Å². The molecule has 1 aliphatic heterocycles. The van der Waals surface area contributed by atoms with E-state index in [2.05, 4.69) is 4.98 Å². The van der Waals surface area contributed by atoms with Gasteiger partial charge in [-0.25, -0.2) is 18.2 Å². The van der Waals surface area contributed by atoms with Crippen molar-refractivity contribution in [2.45, 2.75) is 38.1 Å². The van der Waals surface area contributed by atoms with Crippen LogP contribution in [0.1, 0.15) is 23.5 Å². The molecule has 3 aromatic rings. The van der Waals surface area contributed by atoms with Crippen molar-refractivity contribution in [3.63, 3.8) is 0 Å². The fourth-order valence-corrected chi connectivity index (χ4v) is 4.28. The first-order valence-electron chi connectivity index (χ1n) is 11.0. The molecule has 0 saturated heterocycles. The van der Waals surface area contributed by atoms with E-state index in [1.54, 1.807) is 24.3 Å². The summed E-state index contributed by atoms with van der Waals surface area (Å²) >= 11 is 0. The number of nitrogens with zero attached hydrogens (tertiary/aromatic N) is 3. The second-order valence-corrected chi connectivity index (χ2v) is 8.42. The molecule has 0 aliphatic carbocycles. The summed E-state index contributed by atoms with van der Waals surface area (Å²) in [5, 5.41) is 0. The highest BCUT2D eigenvalue weighted by atomic mass is 35.5. The molecule has 0 unspecified atom stereocenters.